The molecular formula is C21H18N4O2. The maximum Gasteiger partial charge on any atom is 0.266 e. The number of aryl methyl sites for hydroxylation is 1. The van der Waals surface area contributed by atoms with Crippen LogP contribution in [0.4, 0.5) is 0 Å². The molecule has 0 bridgehead atoms. The molecule has 0 saturated heterocycles. The lowest BCUT2D eigenvalue weighted by atomic mass is 10.1. The van der Waals surface area contributed by atoms with Gasteiger partial charge < -0.3 is 4.74 Å². The van der Waals surface area contributed by atoms with Crippen molar-refractivity contribution in [2.24, 2.45) is 0 Å². The number of nitrogens with zero attached hydrogens (tertiary/aromatic N) is 4. The van der Waals surface area contributed by atoms with Crippen LogP contribution in [-0.4, -0.2) is 26.6 Å². The second-order valence-corrected chi connectivity index (χ2v) is 6.00. The van der Waals surface area contributed by atoms with Gasteiger partial charge in [0.25, 0.3) is 5.56 Å². The van der Waals surface area contributed by atoms with Gasteiger partial charge in [0.2, 0.25) is 5.88 Å². The Kier molecular flexibility index (Phi) is 4.38. The molecule has 0 atom stereocenters. The largest absolute Gasteiger partial charge is 0.481 e. The van der Waals surface area contributed by atoms with E-state index in [0.717, 1.165) is 11.5 Å². The van der Waals surface area contributed by atoms with Gasteiger partial charge in [-0.25, -0.2) is 15.0 Å². The summed E-state index contributed by atoms with van der Waals surface area (Å²) in [7, 11) is 1.55. The summed E-state index contributed by atoms with van der Waals surface area (Å²) in [6.07, 6.45) is 2.07. The number of ether oxygens (including phenoxy) is 1. The van der Waals surface area contributed by atoms with Crippen LogP contribution in [0.25, 0.3) is 27.8 Å². The van der Waals surface area contributed by atoms with E-state index in [1.165, 1.54) is 6.33 Å². The highest BCUT2D eigenvalue weighted by atomic mass is 16.5. The van der Waals surface area contributed by atoms with E-state index < -0.39 is 0 Å². The molecule has 27 heavy (non-hydrogen) atoms. The van der Waals surface area contributed by atoms with Gasteiger partial charge in [0, 0.05) is 18.1 Å². The minimum atomic E-state index is -0.115. The Morgan fingerprint density at radius 3 is 2.59 bits per heavy atom. The van der Waals surface area contributed by atoms with Crippen molar-refractivity contribution in [3.8, 4) is 22.8 Å². The molecule has 6 heteroatoms. The van der Waals surface area contributed by atoms with Crippen LogP contribution in [0.5, 0.6) is 5.88 Å². The molecule has 0 fully saturated rings. The van der Waals surface area contributed by atoms with E-state index in [4.69, 9.17) is 9.72 Å². The number of fused-ring (bicyclic) bond motifs is 1. The van der Waals surface area contributed by atoms with Crippen LogP contribution in [-0.2, 0) is 6.42 Å². The molecule has 0 amide bonds. The second kappa shape index (κ2) is 6.99. The van der Waals surface area contributed by atoms with Crippen molar-refractivity contribution in [3.05, 3.63) is 77.1 Å². The summed E-state index contributed by atoms with van der Waals surface area (Å²) in [5, 5.41) is 0.527. The Balaban J connectivity index is 2.07. The van der Waals surface area contributed by atoms with E-state index in [1.807, 2.05) is 55.5 Å². The number of rotatable bonds is 4. The van der Waals surface area contributed by atoms with Crippen LogP contribution in [0, 0.1) is 0 Å². The Labute approximate surface area is 156 Å². The molecule has 0 aliphatic heterocycles. The monoisotopic (exact) mass is 358 g/mol. The normalized spacial score (nSPS) is 10.9. The predicted octanol–water partition coefficient (Wildman–Crippen LogP) is 3.41. The quantitative estimate of drug-likeness (QED) is 0.559. The Morgan fingerprint density at radius 1 is 1.04 bits per heavy atom. The fourth-order valence-electron chi connectivity index (χ4n) is 3.17. The highest BCUT2D eigenvalue weighted by molar-refractivity contribution is 5.93. The van der Waals surface area contributed by atoms with Crippen LogP contribution in [0.1, 0.15) is 12.7 Å². The first-order valence-corrected chi connectivity index (χ1v) is 8.69. The summed E-state index contributed by atoms with van der Waals surface area (Å²) in [5.41, 5.74) is 2.66. The topological polar surface area (TPSA) is 69.9 Å². The van der Waals surface area contributed by atoms with Crippen LogP contribution < -0.4 is 10.3 Å². The fourth-order valence-corrected chi connectivity index (χ4v) is 3.17. The fraction of sp³-hybridized carbons (Fsp3) is 0.143. The van der Waals surface area contributed by atoms with Gasteiger partial charge in [-0.3, -0.25) is 9.36 Å². The number of hydrogen-bond donors (Lipinski definition) is 0. The summed E-state index contributed by atoms with van der Waals surface area (Å²) in [6.45, 7) is 1.99. The molecule has 4 aromatic rings. The smallest absolute Gasteiger partial charge is 0.266 e. The van der Waals surface area contributed by atoms with Gasteiger partial charge in [-0.2, -0.15) is 0 Å². The molecule has 0 saturated carbocycles. The van der Waals surface area contributed by atoms with E-state index >= 15 is 0 Å². The summed E-state index contributed by atoms with van der Waals surface area (Å²) in [5.74, 6) is 1.16. The third-order valence-corrected chi connectivity index (χ3v) is 4.42. The molecule has 0 radical (unpaired) electrons. The van der Waals surface area contributed by atoms with Gasteiger partial charge in [0.05, 0.1) is 29.4 Å². The SMILES string of the molecule is CCc1nc2cccc(-c3cc(OC)ncn3)c2c(=O)n1-c1ccccc1. The maximum absolute atomic E-state index is 13.5. The molecule has 2 aromatic carbocycles. The van der Waals surface area contributed by atoms with Crippen LogP contribution in [0.15, 0.2) is 65.7 Å². The van der Waals surface area contributed by atoms with Gasteiger partial charge in [-0.1, -0.05) is 37.3 Å². The van der Waals surface area contributed by atoms with Gasteiger partial charge in [0.1, 0.15) is 12.2 Å². The molecule has 6 nitrogen and oxygen atoms in total. The van der Waals surface area contributed by atoms with E-state index in [1.54, 1.807) is 17.7 Å². The third kappa shape index (κ3) is 2.95. The lowest BCUT2D eigenvalue weighted by Crippen LogP contribution is -2.24. The summed E-state index contributed by atoms with van der Waals surface area (Å²) in [6, 6.07) is 16.9. The van der Waals surface area contributed by atoms with E-state index in [0.29, 0.717) is 34.5 Å². The summed E-state index contributed by atoms with van der Waals surface area (Å²) in [4.78, 5) is 26.6. The average molecular weight is 358 g/mol. The van der Waals surface area contributed by atoms with Gasteiger partial charge in [-0.05, 0) is 18.2 Å². The molecular weight excluding hydrogens is 340 g/mol. The Bertz CT molecular complexity index is 1170. The zero-order valence-electron chi connectivity index (χ0n) is 15.1. The first-order valence-electron chi connectivity index (χ1n) is 8.69. The van der Waals surface area contributed by atoms with E-state index in [2.05, 4.69) is 9.97 Å². The van der Waals surface area contributed by atoms with E-state index in [9.17, 15) is 4.79 Å². The zero-order chi connectivity index (χ0) is 18.8. The average Bonchev–Trinajstić information content (AvgIpc) is 2.73. The van der Waals surface area contributed by atoms with Crippen molar-refractivity contribution in [3.63, 3.8) is 0 Å². The number of hydrogen-bond acceptors (Lipinski definition) is 5. The van der Waals surface area contributed by atoms with Crippen LogP contribution >= 0.6 is 0 Å². The van der Waals surface area contributed by atoms with Gasteiger partial charge >= 0.3 is 0 Å². The summed E-state index contributed by atoms with van der Waals surface area (Å²) >= 11 is 0. The minimum Gasteiger partial charge on any atom is -0.481 e. The number of para-hydroxylation sites is 1. The second-order valence-electron chi connectivity index (χ2n) is 6.00. The van der Waals surface area contributed by atoms with Gasteiger partial charge in [0.15, 0.2) is 0 Å². The molecule has 0 unspecified atom stereocenters. The highest BCUT2D eigenvalue weighted by Gasteiger charge is 2.16. The Hall–Kier alpha value is -3.54. The molecule has 2 aromatic heterocycles. The van der Waals surface area contributed by atoms with Crippen molar-refractivity contribution in [2.45, 2.75) is 13.3 Å². The molecule has 134 valence electrons. The van der Waals surface area contributed by atoms with E-state index in [-0.39, 0.29) is 5.56 Å². The summed E-state index contributed by atoms with van der Waals surface area (Å²) < 4.78 is 6.87. The third-order valence-electron chi connectivity index (χ3n) is 4.42. The van der Waals surface area contributed by atoms with Gasteiger partial charge in [-0.15, -0.1) is 0 Å². The number of aromatic nitrogens is 4. The lowest BCUT2D eigenvalue weighted by Gasteiger charge is -2.14. The molecule has 2 heterocycles. The molecule has 0 spiro atoms. The first kappa shape index (κ1) is 16.9. The van der Waals surface area contributed by atoms with Crippen molar-refractivity contribution in [1.82, 2.24) is 19.5 Å². The Morgan fingerprint density at radius 2 is 1.85 bits per heavy atom. The van der Waals surface area contributed by atoms with Crippen molar-refractivity contribution in [1.29, 1.82) is 0 Å². The lowest BCUT2D eigenvalue weighted by molar-refractivity contribution is 0.397. The standard InChI is InChI=1S/C21H18N4O2/c1-3-18-24-16-11-7-10-15(17-12-19(27-2)23-13-22-17)20(16)21(26)25(18)14-8-5-4-6-9-14/h4-13H,3H2,1-2H3. The van der Waals surface area contributed by atoms with Crippen molar-refractivity contribution in [2.75, 3.05) is 7.11 Å². The predicted molar refractivity (Wildman–Crippen MR) is 104 cm³/mol. The minimum absolute atomic E-state index is 0.115. The molecule has 0 aliphatic rings. The number of benzene rings is 2. The van der Waals surface area contributed by atoms with Crippen LogP contribution in [0.3, 0.4) is 0 Å². The highest BCUT2D eigenvalue weighted by Crippen LogP contribution is 2.26. The zero-order valence-corrected chi connectivity index (χ0v) is 15.1. The van der Waals surface area contributed by atoms with Crippen molar-refractivity contribution < 1.29 is 4.74 Å². The first-order chi connectivity index (χ1) is 13.2. The molecule has 4 rings (SSSR count). The number of methoxy groups -OCH3 is 1. The maximum atomic E-state index is 13.5. The van der Waals surface area contributed by atoms with Crippen LogP contribution in [0.2, 0.25) is 0 Å². The molecule has 0 aliphatic carbocycles. The van der Waals surface area contributed by atoms with Crippen molar-refractivity contribution >= 4 is 10.9 Å². The molecule has 0 N–H and O–H groups in total.